The van der Waals surface area contributed by atoms with Gasteiger partial charge in [-0.3, -0.25) is 0 Å². The number of rotatable bonds is 0. The molecular formula is C8H12O3. The third-order valence-corrected chi connectivity index (χ3v) is 3.01. The summed E-state index contributed by atoms with van der Waals surface area (Å²) >= 11 is 0. The molecule has 0 aromatic heterocycles. The Hall–Kier alpha value is -0.120. The molecular weight excluding hydrogens is 144 g/mol. The highest BCUT2D eigenvalue weighted by Crippen LogP contribution is 2.40. The minimum atomic E-state index is -0.359. The molecule has 1 N–H and O–H groups in total. The van der Waals surface area contributed by atoms with Gasteiger partial charge in [-0.2, -0.15) is 0 Å². The lowest BCUT2D eigenvalue weighted by atomic mass is 9.82. The minimum Gasteiger partial charge on any atom is -0.388 e. The predicted octanol–water partition coefficient (Wildman–Crippen LogP) is 0.0660. The van der Waals surface area contributed by atoms with E-state index in [1.54, 1.807) is 0 Å². The molecule has 4 aliphatic rings. The van der Waals surface area contributed by atoms with E-state index < -0.39 is 0 Å². The molecule has 0 amide bonds. The molecule has 0 spiro atoms. The Bertz CT molecular complexity index is 152. The first-order valence-corrected chi connectivity index (χ1v) is 4.32. The third-order valence-electron chi connectivity index (χ3n) is 3.01. The van der Waals surface area contributed by atoms with Crippen LogP contribution in [0.5, 0.6) is 0 Å². The van der Waals surface area contributed by atoms with E-state index in [1.807, 2.05) is 0 Å². The highest BCUT2D eigenvalue weighted by atomic mass is 16.6. The number of aliphatic hydroxyl groups excluding tert-OH is 1. The summed E-state index contributed by atoms with van der Waals surface area (Å²) in [4.78, 5) is 0. The van der Waals surface area contributed by atoms with E-state index in [1.165, 1.54) is 0 Å². The lowest BCUT2D eigenvalue weighted by Crippen LogP contribution is -2.60. The van der Waals surface area contributed by atoms with Gasteiger partial charge < -0.3 is 14.6 Å². The third kappa shape index (κ3) is 0.789. The topological polar surface area (TPSA) is 38.7 Å². The molecule has 4 fully saturated rings. The zero-order chi connectivity index (χ0) is 7.42. The van der Waals surface area contributed by atoms with Crippen LogP contribution in [0.2, 0.25) is 0 Å². The van der Waals surface area contributed by atoms with E-state index in [0.29, 0.717) is 12.2 Å². The molecule has 4 unspecified atom stereocenters. The van der Waals surface area contributed by atoms with Gasteiger partial charge >= 0.3 is 0 Å². The molecule has 4 rings (SSSR count). The van der Waals surface area contributed by atoms with E-state index in [2.05, 4.69) is 0 Å². The van der Waals surface area contributed by atoms with Crippen molar-refractivity contribution in [1.29, 1.82) is 0 Å². The normalized spacial score (nSPS) is 60.3. The lowest BCUT2D eigenvalue weighted by Gasteiger charge is -2.51. The zero-order valence-corrected chi connectivity index (χ0v) is 6.27. The Kier molecular flexibility index (Phi) is 1.15. The molecule has 4 aliphatic heterocycles. The molecule has 62 valence electrons. The number of hydrogen-bond acceptors (Lipinski definition) is 3. The maximum atomic E-state index is 9.58. The average Bonchev–Trinajstić information content (AvgIpc) is 1.98. The van der Waals surface area contributed by atoms with E-state index in [9.17, 15) is 5.11 Å². The monoisotopic (exact) mass is 156 g/mol. The van der Waals surface area contributed by atoms with Crippen molar-refractivity contribution in [3.63, 3.8) is 0 Å². The Morgan fingerprint density at radius 1 is 0.909 bits per heavy atom. The molecule has 3 nitrogen and oxygen atoms in total. The van der Waals surface area contributed by atoms with Crippen LogP contribution in [0.25, 0.3) is 0 Å². The SMILES string of the molecule is OC1C2CC3CC(CC1O3)O2. The quantitative estimate of drug-likeness (QED) is 0.539. The molecule has 4 heterocycles. The van der Waals surface area contributed by atoms with Crippen molar-refractivity contribution in [3.05, 3.63) is 0 Å². The highest BCUT2D eigenvalue weighted by molar-refractivity contribution is 4.98. The van der Waals surface area contributed by atoms with Crippen LogP contribution in [-0.2, 0) is 9.47 Å². The second-order valence-corrected chi connectivity index (χ2v) is 3.79. The second-order valence-electron chi connectivity index (χ2n) is 3.79. The van der Waals surface area contributed by atoms with E-state index >= 15 is 0 Å². The van der Waals surface area contributed by atoms with Crippen LogP contribution in [0.3, 0.4) is 0 Å². The van der Waals surface area contributed by atoms with Gasteiger partial charge in [0.2, 0.25) is 0 Å². The molecule has 4 bridgehead atoms. The fourth-order valence-corrected chi connectivity index (χ4v) is 2.51. The van der Waals surface area contributed by atoms with Crippen molar-refractivity contribution in [2.45, 2.75) is 49.8 Å². The van der Waals surface area contributed by atoms with Crippen molar-refractivity contribution < 1.29 is 14.6 Å². The summed E-state index contributed by atoms with van der Waals surface area (Å²) in [6.45, 7) is 0. The Balaban J connectivity index is 1.91. The van der Waals surface area contributed by atoms with Crippen molar-refractivity contribution in [3.8, 4) is 0 Å². The largest absolute Gasteiger partial charge is 0.388 e. The maximum Gasteiger partial charge on any atom is 0.106 e. The molecule has 0 aliphatic carbocycles. The summed E-state index contributed by atoms with van der Waals surface area (Å²) in [5.41, 5.74) is 0. The summed E-state index contributed by atoms with van der Waals surface area (Å²) in [7, 11) is 0. The van der Waals surface area contributed by atoms with Crippen LogP contribution in [-0.4, -0.2) is 35.6 Å². The van der Waals surface area contributed by atoms with E-state index in [4.69, 9.17) is 9.47 Å². The molecule has 0 radical (unpaired) electrons. The Morgan fingerprint density at radius 2 is 1.45 bits per heavy atom. The van der Waals surface area contributed by atoms with Gasteiger partial charge in [0.25, 0.3) is 0 Å². The van der Waals surface area contributed by atoms with Crippen molar-refractivity contribution >= 4 is 0 Å². The smallest absolute Gasteiger partial charge is 0.106 e. The van der Waals surface area contributed by atoms with Crippen LogP contribution >= 0.6 is 0 Å². The summed E-state index contributed by atoms with van der Waals surface area (Å²) in [6.07, 6.45) is 3.38. The lowest BCUT2D eigenvalue weighted by molar-refractivity contribution is -0.283. The van der Waals surface area contributed by atoms with Crippen LogP contribution in [0.15, 0.2) is 0 Å². The fraction of sp³-hybridized carbons (Fsp3) is 1.00. The van der Waals surface area contributed by atoms with Gasteiger partial charge in [-0.1, -0.05) is 0 Å². The van der Waals surface area contributed by atoms with Crippen LogP contribution < -0.4 is 0 Å². The first-order chi connectivity index (χ1) is 5.33. The summed E-state index contributed by atoms with van der Waals surface area (Å²) in [6, 6.07) is 0. The predicted molar refractivity (Wildman–Crippen MR) is 37.2 cm³/mol. The summed E-state index contributed by atoms with van der Waals surface area (Å²) < 4.78 is 11.2. The fourth-order valence-electron chi connectivity index (χ4n) is 2.51. The average molecular weight is 156 g/mol. The summed E-state index contributed by atoms with van der Waals surface area (Å²) in [5, 5.41) is 9.58. The van der Waals surface area contributed by atoms with Gasteiger partial charge in [0.1, 0.15) is 6.10 Å². The number of ether oxygens (including phenoxy) is 2. The van der Waals surface area contributed by atoms with Crippen molar-refractivity contribution in [2.75, 3.05) is 0 Å². The van der Waals surface area contributed by atoms with E-state index in [-0.39, 0.29) is 18.3 Å². The molecule has 11 heavy (non-hydrogen) atoms. The maximum absolute atomic E-state index is 9.58. The zero-order valence-electron chi connectivity index (χ0n) is 6.27. The van der Waals surface area contributed by atoms with Gasteiger partial charge in [-0.15, -0.1) is 0 Å². The number of hydrogen-bond donors (Lipinski definition) is 1. The van der Waals surface area contributed by atoms with Gasteiger partial charge in [0.05, 0.1) is 24.4 Å². The van der Waals surface area contributed by atoms with Crippen LogP contribution in [0.1, 0.15) is 19.3 Å². The number of aliphatic hydroxyl groups is 1. The molecule has 0 aromatic carbocycles. The molecule has 4 saturated heterocycles. The molecule has 4 atom stereocenters. The van der Waals surface area contributed by atoms with Crippen molar-refractivity contribution in [1.82, 2.24) is 0 Å². The van der Waals surface area contributed by atoms with Gasteiger partial charge in [0, 0.05) is 12.8 Å². The van der Waals surface area contributed by atoms with Crippen LogP contribution in [0.4, 0.5) is 0 Å². The molecule has 3 heteroatoms. The first-order valence-electron chi connectivity index (χ1n) is 4.32. The molecule has 0 aromatic rings. The van der Waals surface area contributed by atoms with Crippen LogP contribution in [0, 0.1) is 0 Å². The Morgan fingerprint density at radius 3 is 2.00 bits per heavy atom. The van der Waals surface area contributed by atoms with Gasteiger partial charge in [0.15, 0.2) is 0 Å². The van der Waals surface area contributed by atoms with E-state index in [0.717, 1.165) is 19.3 Å². The highest BCUT2D eigenvalue weighted by Gasteiger charge is 2.49. The molecule has 0 saturated carbocycles. The first kappa shape index (κ1) is 6.40. The van der Waals surface area contributed by atoms with Gasteiger partial charge in [-0.05, 0) is 6.42 Å². The summed E-state index contributed by atoms with van der Waals surface area (Å²) in [5.74, 6) is 0. The second kappa shape index (κ2) is 1.97. The standard InChI is InChI=1S/C8H12O3/c9-8-6-2-4-1-5(11-6)3-7(8)10-4/h4-9H,1-3H2. The minimum absolute atomic E-state index is 0.0752. The van der Waals surface area contributed by atoms with Gasteiger partial charge in [-0.25, -0.2) is 0 Å². The Labute approximate surface area is 65.3 Å². The van der Waals surface area contributed by atoms with Crippen molar-refractivity contribution in [2.24, 2.45) is 0 Å².